The van der Waals surface area contributed by atoms with E-state index < -0.39 is 0 Å². The quantitative estimate of drug-likeness (QED) is 0.351. The number of aliphatic imine (C=N–C) groups is 1. The predicted octanol–water partition coefficient (Wildman–Crippen LogP) is 2.96. The van der Waals surface area contributed by atoms with Crippen molar-refractivity contribution >= 4 is 45.9 Å². The highest BCUT2D eigenvalue weighted by atomic mass is 127. The summed E-state index contributed by atoms with van der Waals surface area (Å²) in [6.45, 7) is 5.27. The Bertz CT molecular complexity index is 733. The third-order valence-electron chi connectivity index (χ3n) is 4.44. The number of piperazine rings is 1. The van der Waals surface area contributed by atoms with E-state index in [2.05, 4.69) is 47.3 Å². The Kier molecular flexibility index (Phi) is 8.84. The summed E-state index contributed by atoms with van der Waals surface area (Å²) in [5.41, 5.74) is 2.07. The summed E-state index contributed by atoms with van der Waals surface area (Å²) in [6, 6.07) is 7.92. The zero-order chi connectivity index (χ0) is 18.4. The van der Waals surface area contributed by atoms with Crippen LogP contribution in [0.4, 0.5) is 0 Å². The molecule has 0 unspecified atom stereocenters. The molecule has 1 fully saturated rings. The Morgan fingerprint density at radius 3 is 2.70 bits per heavy atom. The van der Waals surface area contributed by atoms with Gasteiger partial charge >= 0.3 is 0 Å². The van der Waals surface area contributed by atoms with E-state index in [9.17, 15) is 0 Å². The van der Waals surface area contributed by atoms with Crippen molar-refractivity contribution in [3.63, 3.8) is 0 Å². The highest BCUT2D eigenvalue weighted by Crippen LogP contribution is 2.22. The molecule has 0 aliphatic carbocycles. The van der Waals surface area contributed by atoms with Crippen molar-refractivity contribution in [2.75, 3.05) is 40.3 Å². The first-order chi connectivity index (χ1) is 12.7. The molecule has 2 aromatic rings. The smallest absolute Gasteiger partial charge is 0.194 e. The molecular formula is C18H25BrIN5O2. The van der Waals surface area contributed by atoms with Crippen molar-refractivity contribution in [1.29, 1.82) is 0 Å². The second-order valence-electron chi connectivity index (χ2n) is 6.11. The lowest BCUT2D eigenvalue weighted by atomic mass is 10.2. The molecule has 1 N–H and O–H groups in total. The number of ether oxygens (including phenoxy) is 1. The fourth-order valence-electron chi connectivity index (χ4n) is 3.06. The maximum atomic E-state index is 5.44. The first-order valence-electron chi connectivity index (χ1n) is 8.59. The molecule has 0 atom stereocenters. The minimum atomic E-state index is 0. The molecule has 1 saturated heterocycles. The standard InChI is InChI=1S/C18H24BrN5O2.HI/c1-20-18(21-12-14-11-15(19)3-4-17(14)25-2)24-8-6-23(7-9-24)13-16-5-10-26-22-16;/h3-5,10-11H,6-9,12-13H2,1-2H3,(H,20,21);1H. The van der Waals surface area contributed by atoms with Crippen LogP contribution in [-0.2, 0) is 13.1 Å². The Labute approximate surface area is 185 Å². The monoisotopic (exact) mass is 549 g/mol. The normalized spacial score (nSPS) is 15.4. The predicted molar refractivity (Wildman–Crippen MR) is 120 cm³/mol. The zero-order valence-corrected chi connectivity index (χ0v) is 19.4. The molecule has 1 aromatic carbocycles. The number of rotatable bonds is 5. The van der Waals surface area contributed by atoms with E-state index in [0.717, 1.165) is 60.2 Å². The number of benzene rings is 1. The van der Waals surface area contributed by atoms with Crippen LogP contribution in [0.2, 0.25) is 0 Å². The van der Waals surface area contributed by atoms with Gasteiger partial charge in [0.2, 0.25) is 0 Å². The van der Waals surface area contributed by atoms with Crippen LogP contribution in [0.1, 0.15) is 11.3 Å². The second-order valence-corrected chi connectivity index (χ2v) is 7.03. The van der Waals surface area contributed by atoms with Crippen molar-refractivity contribution in [3.8, 4) is 5.75 Å². The number of nitrogens with one attached hydrogen (secondary N) is 1. The molecule has 7 nitrogen and oxygen atoms in total. The topological polar surface area (TPSA) is 66.1 Å². The molecule has 1 aliphatic heterocycles. The SMILES string of the molecule is CN=C(NCc1cc(Br)ccc1OC)N1CCN(Cc2ccon2)CC1.I. The number of hydrogen-bond acceptors (Lipinski definition) is 5. The van der Waals surface area contributed by atoms with E-state index in [1.54, 1.807) is 13.4 Å². The van der Waals surface area contributed by atoms with Crippen LogP contribution >= 0.6 is 39.9 Å². The van der Waals surface area contributed by atoms with Crippen LogP contribution in [-0.4, -0.2) is 61.3 Å². The van der Waals surface area contributed by atoms with Gasteiger partial charge in [-0.1, -0.05) is 21.1 Å². The molecule has 148 valence electrons. The summed E-state index contributed by atoms with van der Waals surface area (Å²) in [7, 11) is 3.51. The van der Waals surface area contributed by atoms with Gasteiger partial charge in [0, 0.05) is 62.4 Å². The summed E-state index contributed by atoms with van der Waals surface area (Å²) < 4.78 is 11.4. The zero-order valence-electron chi connectivity index (χ0n) is 15.5. The summed E-state index contributed by atoms with van der Waals surface area (Å²) in [5.74, 6) is 1.78. The summed E-state index contributed by atoms with van der Waals surface area (Å²) in [4.78, 5) is 9.09. The summed E-state index contributed by atoms with van der Waals surface area (Å²) in [6.07, 6.45) is 1.62. The lowest BCUT2D eigenvalue weighted by molar-refractivity contribution is 0.169. The second kappa shape index (κ2) is 10.9. The van der Waals surface area contributed by atoms with Gasteiger partial charge in [-0.15, -0.1) is 24.0 Å². The van der Waals surface area contributed by atoms with Crippen molar-refractivity contribution in [2.24, 2.45) is 4.99 Å². The molecule has 1 aromatic heterocycles. The molecule has 3 rings (SSSR count). The number of hydrogen-bond donors (Lipinski definition) is 1. The van der Waals surface area contributed by atoms with Crippen LogP contribution in [0.25, 0.3) is 0 Å². The molecule has 1 aliphatic rings. The van der Waals surface area contributed by atoms with E-state index in [-0.39, 0.29) is 24.0 Å². The van der Waals surface area contributed by atoms with Crippen LogP contribution in [0, 0.1) is 0 Å². The van der Waals surface area contributed by atoms with Gasteiger partial charge in [0.1, 0.15) is 12.0 Å². The van der Waals surface area contributed by atoms with Crippen LogP contribution < -0.4 is 10.1 Å². The Morgan fingerprint density at radius 1 is 1.30 bits per heavy atom. The highest BCUT2D eigenvalue weighted by molar-refractivity contribution is 14.0. The van der Waals surface area contributed by atoms with Gasteiger partial charge in [-0.05, 0) is 18.2 Å². The lowest BCUT2D eigenvalue weighted by Gasteiger charge is -2.36. The molecular weight excluding hydrogens is 525 g/mol. The van der Waals surface area contributed by atoms with Crippen molar-refractivity contribution in [3.05, 3.63) is 46.3 Å². The minimum Gasteiger partial charge on any atom is -0.496 e. The van der Waals surface area contributed by atoms with Gasteiger partial charge < -0.3 is 19.5 Å². The average Bonchev–Trinajstić information content (AvgIpc) is 3.17. The van der Waals surface area contributed by atoms with Gasteiger partial charge in [0.25, 0.3) is 0 Å². The van der Waals surface area contributed by atoms with Gasteiger partial charge in [-0.3, -0.25) is 9.89 Å². The van der Waals surface area contributed by atoms with Crippen LogP contribution in [0.15, 0.2) is 44.5 Å². The highest BCUT2D eigenvalue weighted by Gasteiger charge is 2.20. The minimum absolute atomic E-state index is 0. The maximum absolute atomic E-state index is 5.44. The average molecular weight is 550 g/mol. The lowest BCUT2D eigenvalue weighted by Crippen LogP contribution is -2.52. The molecule has 0 radical (unpaired) electrons. The molecule has 27 heavy (non-hydrogen) atoms. The summed E-state index contributed by atoms with van der Waals surface area (Å²) in [5, 5.41) is 7.43. The molecule has 0 amide bonds. The number of aromatic nitrogens is 1. The molecule has 0 saturated carbocycles. The largest absolute Gasteiger partial charge is 0.496 e. The van der Waals surface area contributed by atoms with Crippen molar-refractivity contribution in [2.45, 2.75) is 13.1 Å². The van der Waals surface area contributed by atoms with Crippen molar-refractivity contribution < 1.29 is 9.26 Å². The number of nitrogens with zero attached hydrogens (tertiary/aromatic N) is 4. The number of methoxy groups -OCH3 is 1. The van der Waals surface area contributed by atoms with Gasteiger partial charge in [0.05, 0.1) is 12.8 Å². The molecule has 0 spiro atoms. The Balaban J connectivity index is 0.00000261. The van der Waals surface area contributed by atoms with E-state index >= 15 is 0 Å². The van der Waals surface area contributed by atoms with E-state index in [0.29, 0.717) is 6.54 Å². The van der Waals surface area contributed by atoms with E-state index in [4.69, 9.17) is 9.26 Å². The Morgan fingerprint density at radius 2 is 2.07 bits per heavy atom. The molecule has 0 bridgehead atoms. The Hall–Kier alpha value is -1.33. The van der Waals surface area contributed by atoms with Crippen molar-refractivity contribution in [1.82, 2.24) is 20.3 Å². The first-order valence-corrected chi connectivity index (χ1v) is 9.38. The fraction of sp³-hybridized carbons (Fsp3) is 0.444. The number of guanidine groups is 1. The van der Waals surface area contributed by atoms with Crippen LogP contribution in [0.5, 0.6) is 5.75 Å². The number of halogens is 2. The van der Waals surface area contributed by atoms with Gasteiger partial charge in [-0.25, -0.2) is 0 Å². The van der Waals surface area contributed by atoms with Gasteiger partial charge in [0.15, 0.2) is 5.96 Å². The molecule has 2 heterocycles. The molecule has 9 heteroatoms. The third-order valence-corrected chi connectivity index (χ3v) is 4.93. The summed E-state index contributed by atoms with van der Waals surface area (Å²) >= 11 is 3.52. The first kappa shape index (κ1) is 22.0. The van der Waals surface area contributed by atoms with E-state index in [1.807, 2.05) is 25.2 Å². The van der Waals surface area contributed by atoms with E-state index in [1.165, 1.54) is 0 Å². The van der Waals surface area contributed by atoms with Crippen LogP contribution in [0.3, 0.4) is 0 Å². The maximum Gasteiger partial charge on any atom is 0.194 e. The fourth-order valence-corrected chi connectivity index (χ4v) is 3.47. The van der Waals surface area contributed by atoms with Gasteiger partial charge in [-0.2, -0.15) is 0 Å². The third kappa shape index (κ3) is 6.08.